The normalized spacial score (nSPS) is 11.3. The molecular formula is C14H17NO2S2. The fourth-order valence-electron chi connectivity index (χ4n) is 1.58. The van der Waals surface area contributed by atoms with Gasteiger partial charge in [0.1, 0.15) is 15.8 Å². The molecule has 0 aliphatic carbocycles. The first kappa shape index (κ1) is 15.7. The Kier molecular flexibility index (Phi) is 6.54. The van der Waals surface area contributed by atoms with Crippen LogP contribution in [0.2, 0.25) is 0 Å². The van der Waals surface area contributed by atoms with E-state index < -0.39 is 0 Å². The Morgan fingerprint density at radius 1 is 1.47 bits per heavy atom. The molecule has 0 fully saturated rings. The summed E-state index contributed by atoms with van der Waals surface area (Å²) in [5.41, 5.74) is 1.02. The summed E-state index contributed by atoms with van der Waals surface area (Å²) in [5.74, 6) is 4.64. The van der Waals surface area contributed by atoms with E-state index in [1.165, 1.54) is 11.8 Å². The van der Waals surface area contributed by atoms with Gasteiger partial charge in [-0.1, -0.05) is 29.9 Å². The topological polar surface area (TPSA) is 30.5 Å². The molecule has 0 bridgehead atoms. The van der Waals surface area contributed by atoms with E-state index in [1.807, 2.05) is 25.1 Å². The SMILES string of the molecule is C#CCSC(=S)NC(C)c1ccc(OC)cc1OC. The number of hydrogen-bond acceptors (Lipinski definition) is 4. The smallest absolute Gasteiger partial charge is 0.135 e. The van der Waals surface area contributed by atoms with Gasteiger partial charge in [0.2, 0.25) is 0 Å². The van der Waals surface area contributed by atoms with Gasteiger partial charge in [-0.25, -0.2) is 0 Å². The van der Waals surface area contributed by atoms with E-state index in [4.69, 9.17) is 28.1 Å². The van der Waals surface area contributed by atoms with Crippen molar-refractivity contribution in [2.45, 2.75) is 13.0 Å². The average molecular weight is 295 g/mol. The van der Waals surface area contributed by atoms with E-state index >= 15 is 0 Å². The monoisotopic (exact) mass is 295 g/mol. The molecule has 0 saturated heterocycles. The Morgan fingerprint density at radius 3 is 2.79 bits per heavy atom. The van der Waals surface area contributed by atoms with Crippen LogP contribution in [-0.4, -0.2) is 24.3 Å². The van der Waals surface area contributed by atoms with E-state index in [9.17, 15) is 0 Å². The van der Waals surface area contributed by atoms with Gasteiger partial charge in [-0.15, -0.1) is 6.42 Å². The van der Waals surface area contributed by atoms with Crippen LogP contribution in [-0.2, 0) is 0 Å². The van der Waals surface area contributed by atoms with Crippen molar-refractivity contribution < 1.29 is 9.47 Å². The first-order chi connectivity index (χ1) is 9.12. The molecule has 1 aromatic carbocycles. The van der Waals surface area contributed by atoms with Gasteiger partial charge in [-0.2, -0.15) is 0 Å². The molecular weight excluding hydrogens is 278 g/mol. The fourth-order valence-corrected chi connectivity index (χ4v) is 2.41. The maximum absolute atomic E-state index is 5.37. The third-order valence-corrected chi connectivity index (χ3v) is 3.69. The van der Waals surface area contributed by atoms with Crippen molar-refractivity contribution in [2.75, 3.05) is 20.0 Å². The van der Waals surface area contributed by atoms with Crippen molar-refractivity contribution in [2.24, 2.45) is 0 Å². The lowest BCUT2D eigenvalue weighted by atomic mass is 10.1. The molecule has 1 rings (SSSR count). The van der Waals surface area contributed by atoms with E-state index in [2.05, 4.69) is 11.2 Å². The molecule has 1 N–H and O–H groups in total. The molecule has 1 atom stereocenters. The van der Waals surface area contributed by atoms with Crippen molar-refractivity contribution >= 4 is 28.3 Å². The highest BCUT2D eigenvalue weighted by molar-refractivity contribution is 8.23. The molecule has 0 aliphatic heterocycles. The maximum Gasteiger partial charge on any atom is 0.135 e. The van der Waals surface area contributed by atoms with Crippen LogP contribution in [0, 0.1) is 12.3 Å². The van der Waals surface area contributed by atoms with Gasteiger partial charge in [0.05, 0.1) is 26.0 Å². The van der Waals surface area contributed by atoms with Crippen molar-refractivity contribution in [1.82, 2.24) is 5.32 Å². The van der Waals surface area contributed by atoms with Gasteiger partial charge >= 0.3 is 0 Å². The van der Waals surface area contributed by atoms with E-state index in [0.29, 0.717) is 10.1 Å². The van der Waals surface area contributed by atoms with Crippen molar-refractivity contribution in [3.63, 3.8) is 0 Å². The number of ether oxygens (including phenoxy) is 2. The van der Waals surface area contributed by atoms with E-state index in [-0.39, 0.29) is 6.04 Å². The molecule has 3 nitrogen and oxygen atoms in total. The Bertz CT molecular complexity index is 483. The summed E-state index contributed by atoms with van der Waals surface area (Å²) in [7, 11) is 3.26. The lowest BCUT2D eigenvalue weighted by Crippen LogP contribution is -2.23. The van der Waals surface area contributed by atoms with Crippen LogP contribution >= 0.6 is 24.0 Å². The van der Waals surface area contributed by atoms with Gasteiger partial charge in [0, 0.05) is 11.6 Å². The molecule has 0 spiro atoms. The molecule has 1 unspecified atom stereocenters. The fraction of sp³-hybridized carbons (Fsp3) is 0.357. The molecule has 5 heteroatoms. The summed E-state index contributed by atoms with van der Waals surface area (Å²) in [6.07, 6.45) is 5.20. The zero-order valence-corrected chi connectivity index (χ0v) is 12.9. The minimum absolute atomic E-state index is 0.0404. The van der Waals surface area contributed by atoms with Gasteiger partial charge < -0.3 is 14.8 Å². The number of hydrogen-bond donors (Lipinski definition) is 1. The zero-order chi connectivity index (χ0) is 14.3. The highest BCUT2D eigenvalue weighted by Crippen LogP contribution is 2.29. The van der Waals surface area contributed by atoms with Crippen LogP contribution in [0.25, 0.3) is 0 Å². The van der Waals surface area contributed by atoms with Crippen molar-refractivity contribution in [3.8, 4) is 23.8 Å². The predicted molar refractivity (Wildman–Crippen MR) is 85.0 cm³/mol. The number of thiocarbonyl (C=S) groups is 1. The second-order valence-corrected chi connectivity index (χ2v) is 5.41. The van der Waals surface area contributed by atoms with Gasteiger partial charge in [-0.05, 0) is 19.1 Å². The Morgan fingerprint density at radius 2 is 2.21 bits per heavy atom. The second-order valence-electron chi connectivity index (χ2n) is 3.75. The van der Waals surface area contributed by atoms with Crippen LogP contribution in [0.3, 0.4) is 0 Å². The minimum atomic E-state index is 0.0404. The summed E-state index contributed by atoms with van der Waals surface area (Å²) in [6, 6.07) is 5.75. The third-order valence-electron chi connectivity index (χ3n) is 2.53. The number of nitrogens with one attached hydrogen (secondary N) is 1. The molecule has 0 aromatic heterocycles. The van der Waals surface area contributed by atoms with Gasteiger partial charge in [-0.3, -0.25) is 0 Å². The van der Waals surface area contributed by atoms with Gasteiger partial charge in [0.15, 0.2) is 0 Å². The van der Waals surface area contributed by atoms with Gasteiger partial charge in [0.25, 0.3) is 0 Å². The quantitative estimate of drug-likeness (QED) is 0.666. The molecule has 102 valence electrons. The minimum Gasteiger partial charge on any atom is -0.497 e. The Labute approximate surface area is 124 Å². The van der Waals surface area contributed by atoms with Crippen LogP contribution < -0.4 is 14.8 Å². The molecule has 19 heavy (non-hydrogen) atoms. The molecule has 0 radical (unpaired) electrons. The third kappa shape index (κ3) is 4.66. The zero-order valence-electron chi connectivity index (χ0n) is 11.2. The lowest BCUT2D eigenvalue weighted by Gasteiger charge is -2.18. The van der Waals surface area contributed by atoms with Crippen molar-refractivity contribution in [1.29, 1.82) is 0 Å². The molecule has 0 heterocycles. The number of terminal acetylenes is 1. The van der Waals surface area contributed by atoms with Crippen molar-refractivity contribution in [3.05, 3.63) is 23.8 Å². The van der Waals surface area contributed by atoms with Crippen LogP contribution in [0.5, 0.6) is 11.5 Å². The second kappa shape index (κ2) is 7.93. The van der Waals surface area contributed by atoms with Crippen LogP contribution in [0.1, 0.15) is 18.5 Å². The maximum atomic E-state index is 5.37. The highest BCUT2D eigenvalue weighted by atomic mass is 32.2. The Balaban J connectivity index is 2.79. The standard InChI is InChI=1S/C14H17NO2S2/c1-5-8-19-14(18)15-10(2)12-7-6-11(16-3)9-13(12)17-4/h1,6-7,9-10H,8H2,2-4H3,(H,15,18). The first-order valence-corrected chi connectivity index (χ1v) is 7.10. The first-order valence-electron chi connectivity index (χ1n) is 5.71. The average Bonchev–Trinajstić information content (AvgIpc) is 2.44. The van der Waals surface area contributed by atoms with E-state index in [0.717, 1.165) is 17.1 Å². The van der Waals surface area contributed by atoms with E-state index in [1.54, 1.807) is 14.2 Å². The molecule has 0 aliphatic rings. The van der Waals surface area contributed by atoms with Crippen LogP contribution in [0.4, 0.5) is 0 Å². The summed E-state index contributed by atoms with van der Waals surface area (Å²) in [5, 5.41) is 3.22. The highest BCUT2D eigenvalue weighted by Gasteiger charge is 2.13. The summed E-state index contributed by atoms with van der Waals surface area (Å²) in [6.45, 7) is 2.02. The summed E-state index contributed by atoms with van der Waals surface area (Å²) in [4.78, 5) is 0. The predicted octanol–water partition coefficient (Wildman–Crippen LogP) is 3.01. The molecule has 0 amide bonds. The summed E-state index contributed by atoms with van der Waals surface area (Å²) >= 11 is 6.65. The number of thioether (sulfide) groups is 1. The molecule has 1 aromatic rings. The number of benzene rings is 1. The van der Waals surface area contributed by atoms with Crippen LogP contribution in [0.15, 0.2) is 18.2 Å². The Hall–Kier alpha value is -1.38. The summed E-state index contributed by atoms with van der Waals surface area (Å²) < 4.78 is 11.2. The lowest BCUT2D eigenvalue weighted by molar-refractivity contribution is 0.388. The largest absolute Gasteiger partial charge is 0.497 e. The molecule has 0 saturated carbocycles. The number of methoxy groups -OCH3 is 2. The number of rotatable bonds is 5.